The predicted molar refractivity (Wildman–Crippen MR) is 47.5 cm³/mol. The third-order valence-electron chi connectivity index (χ3n) is 1.45. The van der Waals surface area contributed by atoms with Crippen LogP contribution in [0.3, 0.4) is 0 Å². The van der Waals surface area contributed by atoms with E-state index >= 15 is 0 Å². The largest absolute Gasteiger partial charge is 0.481 e. The van der Waals surface area contributed by atoms with Crippen molar-refractivity contribution in [3.05, 3.63) is 0 Å². The van der Waals surface area contributed by atoms with Gasteiger partial charge in [0, 0.05) is 0 Å². The van der Waals surface area contributed by atoms with Crippen molar-refractivity contribution in [3.63, 3.8) is 0 Å². The molecule has 16 heavy (non-hydrogen) atoms. The Labute approximate surface area is 90.1 Å². The first-order chi connectivity index (χ1) is 7.03. The minimum atomic E-state index is -4.60. The second-order valence-electron chi connectivity index (χ2n) is 3.23. The van der Waals surface area contributed by atoms with Gasteiger partial charge in [-0.05, 0) is 0 Å². The Hall–Kier alpha value is -0.830. The summed E-state index contributed by atoms with van der Waals surface area (Å²) in [5.41, 5.74) is 0. The van der Waals surface area contributed by atoms with Crippen LogP contribution >= 0.6 is 0 Å². The number of carbonyl (C=O) groups is 1. The third-order valence-corrected chi connectivity index (χ3v) is 2.99. The minimum absolute atomic E-state index is 0.750. The molecule has 0 aliphatic heterocycles. The third kappa shape index (κ3) is 7.46. The number of aliphatic carboxylic acids is 1. The lowest BCUT2D eigenvalue weighted by molar-refractivity contribution is -0.169. The molecule has 0 amide bonds. The number of halogens is 3. The summed E-state index contributed by atoms with van der Waals surface area (Å²) in [6, 6.07) is 0. The number of sulfone groups is 1. The van der Waals surface area contributed by atoms with Crippen molar-refractivity contribution in [2.45, 2.75) is 13.1 Å². The van der Waals surface area contributed by atoms with Crippen LogP contribution in [0.1, 0.15) is 6.92 Å². The molecule has 0 fully saturated rings. The van der Waals surface area contributed by atoms with E-state index in [2.05, 4.69) is 4.74 Å². The molecule has 1 atom stereocenters. The molecule has 1 unspecified atom stereocenters. The van der Waals surface area contributed by atoms with Gasteiger partial charge in [-0.2, -0.15) is 13.2 Å². The topological polar surface area (TPSA) is 80.7 Å². The van der Waals surface area contributed by atoms with E-state index < -0.39 is 46.2 Å². The van der Waals surface area contributed by atoms with Crippen LogP contribution in [-0.4, -0.2) is 44.0 Å². The van der Waals surface area contributed by atoms with E-state index in [9.17, 15) is 26.4 Å². The number of alkyl halides is 3. The first-order valence-electron chi connectivity index (χ1n) is 4.11. The fourth-order valence-corrected chi connectivity index (χ4v) is 2.12. The Bertz CT molecular complexity index is 334. The average molecular weight is 264 g/mol. The quantitative estimate of drug-likeness (QED) is 0.762. The lowest BCUT2D eigenvalue weighted by Crippen LogP contribution is -2.26. The molecule has 0 saturated heterocycles. The molecule has 9 heteroatoms. The molecule has 0 heterocycles. The van der Waals surface area contributed by atoms with E-state index in [4.69, 9.17) is 5.11 Å². The number of hydrogen-bond acceptors (Lipinski definition) is 4. The highest BCUT2D eigenvalue weighted by molar-refractivity contribution is 7.91. The van der Waals surface area contributed by atoms with Crippen molar-refractivity contribution in [2.75, 3.05) is 18.3 Å². The first-order valence-corrected chi connectivity index (χ1v) is 5.93. The molecule has 0 rings (SSSR count). The zero-order valence-electron chi connectivity index (χ0n) is 8.32. The Morgan fingerprint density at radius 2 is 1.94 bits per heavy atom. The molecule has 0 radical (unpaired) electrons. The maximum Gasteiger partial charge on any atom is 0.411 e. The van der Waals surface area contributed by atoms with Crippen molar-refractivity contribution < 1.29 is 36.2 Å². The Kier molecular flexibility index (Phi) is 5.20. The highest BCUT2D eigenvalue weighted by Crippen LogP contribution is 2.15. The van der Waals surface area contributed by atoms with Crippen molar-refractivity contribution in [3.8, 4) is 0 Å². The summed E-state index contributed by atoms with van der Waals surface area (Å²) < 4.78 is 60.9. The molecule has 0 aliphatic carbocycles. The molecule has 0 aromatic rings. The maximum absolute atomic E-state index is 11.6. The van der Waals surface area contributed by atoms with Gasteiger partial charge in [-0.15, -0.1) is 0 Å². The van der Waals surface area contributed by atoms with E-state index in [1.54, 1.807) is 0 Å². The molecule has 0 spiro atoms. The van der Waals surface area contributed by atoms with Gasteiger partial charge in [0.05, 0.1) is 11.7 Å². The lowest BCUT2D eigenvalue weighted by Gasteiger charge is -2.09. The number of ether oxygens (including phenoxy) is 1. The van der Waals surface area contributed by atoms with Crippen LogP contribution in [0.2, 0.25) is 0 Å². The molecule has 0 aromatic carbocycles. The Morgan fingerprint density at radius 1 is 1.44 bits per heavy atom. The van der Waals surface area contributed by atoms with Crippen LogP contribution in [-0.2, 0) is 19.4 Å². The van der Waals surface area contributed by atoms with E-state index in [-0.39, 0.29) is 0 Å². The number of rotatable bonds is 6. The summed E-state index contributed by atoms with van der Waals surface area (Å²) in [5, 5.41) is 8.41. The summed E-state index contributed by atoms with van der Waals surface area (Å²) >= 11 is 0. The van der Waals surface area contributed by atoms with Crippen LogP contribution in [0, 0.1) is 5.92 Å². The smallest absolute Gasteiger partial charge is 0.411 e. The average Bonchev–Trinajstić information content (AvgIpc) is 1.99. The molecule has 0 aromatic heterocycles. The van der Waals surface area contributed by atoms with Gasteiger partial charge in [-0.3, -0.25) is 4.79 Å². The summed E-state index contributed by atoms with van der Waals surface area (Å²) in [4.78, 5) is 10.3. The number of carboxylic acid groups (broad SMARTS) is 1. The molecule has 0 saturated carbocycles. The highest BCUT2D eigenvalue weighted by atomic mass is 32.2. The highest BCUT2D eigenvalue weighted by Gasteiger charge is 2.29. The summed E-state index contributed by atoms with van der Waals surface area (Å²) in [6.07, 6.45) is -4.60. The fourth-order valence-electron chi connectivity index (χ4n) is 0.785. The van der Waals surface area contributed by atoms with E-state index in [0.29, 0.717) is 0 Å². The summed E-state index contributed by atoms with van der Waals surface area (Å²) in [7, 11) is -3.95. The normalized spacial score (nSPS) is 14.8. The Morgan fingerprint density at radius 3 is 2.31 bits per heavy atom. The molecular weight excluding hydrogens is 253 g/mol. The monoisotopic (exact) mass is 264 g/mol. The Balaban J connectivity index is 4.12. The van der Waals surface area contributed by atoms with Crippen LogP contribution in [0.25, 0.3) is 0 Å². The molecule has 0 bridgehead atoms. The van der Waals surface area contributed by atoms with E-state index in [1.807, 2.05) is 0 Å². The second-order valence-corrected chi connectivity index (χ2v) is 5.29. The fraction of sp³-hybridized carbons (Fsp3) is 0.857. The van der Waals surface area contributed by atoms with Crippen molar-refractivity contribution in [1.82, 2.24) is 0 Å². The van der Waals surface area contributed by atoms with Gasteiger partial charge in [0.2, 0.25) is 0 Å². The van der Waals surface area contributed by atoms with Gasteiger partial charge in [0.15, 0.2) is 9.84 Å². The second kappa shape index (κ2) is 5.48. The van der Waals surface area contributed by atoms with Gasteiger partial charge < -0.3 is 9.84 Å². The van der Waals surface area contributed by atoms with Crippen molar-refractivity contribution >= 4 is 15.8 Å². The zero-order chi connectivity index (χ0) is 13.0. The number of hydrogen-bond donors (Lipinski definition) is 1. The van der Waals surface area contributed by atoms with Crippen LogP contribution in [0.4, 0.5) is 13.2 Å². The standard InChI is InChI=1S/C7H11F3O5S/c1-5(6(11)12)2-16(13,14)4-15-3-7(8,9)10/h5H,2-4H2,1H3,(H,11,12). The molecule has 96 valence electrons. The van der Waals surface area contributed by atoms with E-state index in [1.165, 1.54) is 0 Å². The van der Waals surface area contributed by atoms with Gasteiger partial charge in [0.1, 0.15) is 12.5 Å². The molecule has 1 N–H and O–H groups in total. The van der Waals surface area contributed by atoms with Crippen molar-refractivity contribution in [2.24, 2.45) is 5.92 Å². The van der Waals surface area contributed by atoms with Gasteiger partial charge in [-0.25, -0.2) is 8.42 Å². The SMILES string of the molecule is CC(CS(=O)(=O)COCC(F)(F)F)C(=O)O. The lowest BCUT2D eigenvalue weighted by atomic mass is 10.2. The summed E-state index contributed by atoms with van der Waals surface area (Å²) in [5.74, 6) is -4.40. The van der Waals surface area contributed by atoms with Gasteiger partial charge >= 0.3 is 12.1 Å². The zero-order valence-corrected chi connectivity index (χ0v) is 9.14. The van der Waals surface area contributed by atoms with Gasteiger partial charge in [0.25, 0.3) is 0 Å². The van der Waals surface area contributed by atoms with Crippen LogP contribution in [0.15, 0.2) is 0 Å². The first kappa shape index (κ1) is 15.2. The van der Waals surface area contributed by atoms with Crippen LogP contribution < -0.4 is 0 Å². The molecule has 0 aliphatic rings. The minimum Gasteiger partial charge on any atom is -0.481 e. The molecule has 5 nitrogen and oxygen atoms in total. The molecular formula is C7H11F3O5S. The summed E-state index contributed by atoms with van der Waals surface area (Å²) in [6.45, 7) is -0.530. The van der Waals surface area contributed by atoms with Gasteiger partial charge in [-0.1, -0.05) is 6.92 Å². The predicted octanol–water partition coefficient (Wildman–Crippen LogP) is 0.658. The number of carboxylic acids is 1. The van der Waals surface area contributed by atoms with Crippen molar-refractivity contribution in [1.29, 1.82) is 0 Å². The van der Waals surface area contributed by atoms with E-state index in [0.717, 1.165) is 6.92 Å². The maximum atomic E-state index is 11.6. The van der Waals surface area contributed by atoms with Crippen LogP contribution in [0.5, 0.6) is 0 Å².